The topological polar surface area (TPSA) is 38.9 Å². The highest BCUT2D eigenvalue weighted by Gasteiger charge is 2.07. The van der Waals surface area contributed by atoms with Crippen molar-refractivity contribution in [2.24, 2.45) is 0 Å². The Morgan fingerprint density at radius 3 is 2.60 bits per heavy atom. The summed E-state index contributed by atoms with van der Waals surface area (Å²) in [6.07, 6.45) is 0.636. The number of rotatable bonds is 3. The molecule has 0 N–H and O–H groups in total. The number of aryl methyl sites for hydroxylation is 1. The Morgan fingerprint density at radius 2 is 1.93 bits per heavy atom. The smallest absolute Gasteiger partial charge is 0.247 e. The van der Waals surface area contributed by atoms with Crippen LogP contribution in [0.3, 0.4) is 0 Å². The Kier molecular flexibility index (Phi) is 3.01. The highest BCUT2D eigenvalue weighted by atomic mass is 32.1. The summed E-state index contributed by atoms with van der Waals surface area (Å²) in [6.45, 7) is 0. The second-order valence-corrected chi connectivity index (χ2v) is 3.43. The first kappa shape index (κ1) is 10.2. The fraction of sp³-hybridized carbons (Fsp3) is 0.200. The Labute approximate surface area is 91.7 Å². The van der Waals surface area contributed by atoms with Crippen LogP contribution in [-0.2, 0) is 6.42 Å². The van der Waals surface area contributed by atoms with E-state index in [1.807, 2.05) is 0 Å². The van der Waals surface area contributed by atoms with E-state index >= 15 is 0 Å². The molecular formula is C10H9FN2OS. The molecule has 3 nitrogen and oxygen atoms in total. The molecule has 0 aliphatic heterocycles. The van der Waals surface area contributed by atoms with Gasteiger partial charge in [-0.05, 0) is 30.0 Å². The lowest BCUT2D eigenvalue weighted by molar-refractivity contribution is 0.514. The minimum absolute atomic E-state index is 0.283. The number of halogens is 1. The Morgan fingerprint density at radius 1 is 1.20 bits per heavy atom. The summed E-state index contributed by atoms with van der Waals surface area (Å²) in [5.41, 5.74) is 0.717. The lowest BCUT2D eigenvalue weighted by Gasteiger charge is -1.93. The van der Waals surface area contributed by atoms with Crippen LogP contribution < -0.4 is 0 Å². The van der Waals surface area contributed by atoms with Crippen LogP contribution in [0, 0.1) is 5.82 Å². The van der Waals surface area contributed by atoms with Gasteiger partial charge in [0, 0.05) is 12.0 Å². The summed E-state index contributed by atoms with van der Waals surface area (Å²) in [5, 5.41) is 7.71. The predicted octanol–water partition coefficient (Wildman–Crippen LogP) is 2.35. The van der Waals surface area contributed by atoms with Crippen LogP contribution in [0.1, 0.15) is 5.89 Å². The van der Waals surface area contributed by atoms with E-state index in [1.165, 1.54) is 12.1 Å². The summed E-state index contributed by atoms with van der Waals surface area (Å²) in [6, 6.07) is 5.93. The van der Waals surface area contributed by atoms with E-state index < -0.39 is 0 Å². The fourth-order valence-corrected chi connectivity index (χ4v) is 1.35. The van der Waals surface area contributed by atoms with E-state index in [2.05, 4.69) is 22.8 Å². The maximum absolute atomic E-state index is 12.7. The quantitative estimate of drug-likeness (QED) is 0.813. The van der Waals surface area contributed by atoms with Gasteiger partial charge in [0.05, 0.1) is 0 Å². The first-order valence-corrected chi connectivity index (χ1v) is 5.12. The van der Waals surface area contributed by atoms with Crippen molar-refractivity contribution in [1.82, 2.24) is 10.2 Å². The van der Waals surface area contributed by atoms with Crippen LogP contribution in [0.5, 0.6) is 0 Å². The van der Waals surface area contributed by atoms with Gasteiger partial charge in [0.25, 0.3) is 0 Å². The highest BCUT2D eigenvalue weighted by Crippen LogP contribution is 2.18. The monoisotopic (exact) mass is 224 g/mol. The molecule has 0 amide bonds. The molecule has 1 aromatic carbocycles. The third-order valence-electron chi connectivity index (χ3n) is 1.88. The van der Waals surface area contributed by atoms with Crippen molar-refractivity contribution in [2.45, 2.75) is 6.42 Å². The molecule has 0 unspecified atom stereocenters. The second-order valence-electron chi connectivity index (χ2n) is 2.98. The van der Waals surface area contributed by atoms with Gasteiger partial charge in [-0.25, -0.2) is 4.39 Å². The first-order valence-electron chi connectivity index (χ1n) is 4.49. The SMILES string of the molecule is Fc1ccc(-c2nnc(CCS)o2)cc1. The van der Waals surface area contributed by atoms with Crippen LogP contribution >= 0.6 is 12.6 Å². The van der Waals surface area contributed by atoms with Gasteiger partial charge in [0.2, 0.25) is 11.8 Å². The zero-order valence-corrected chi connectivity index (χ0v) is 8.75. The molecule has 0 spiro atoms. The Balaban J connectivity index is 2.25. The van der Waals surface area contributed by atoms with Gasteiger partial charge in [-0.15, -0.1) is 10.2 Å². The predicted molar refractivity (Wildman–Crippen MR) is 57.2 cm³/mol. The van der Waals surface area contributed by atoms with Crippen molar-refractivity contribution in [3.05, 3.63) is 36.0 Å². The van der Waals surface area contributed by atoms with E-state index in [-0.39, 0.29) is 5.82 Å². The Hall–Kier alpha value is -1.36. The standard InChI is InChI=1S/C10H9FN2OS/c11-8-3-1-7(2-4-8)10-13-12-9(14-10)5-6-15/h1-4,15H,5-6H2. The number of nitrogens with zero attached hydrogens (tertiary/aromatic N) is 2. The van der Waals surface area contributed by atoms with Crippen molar-refractivity contribution < 1.29 is 8.81 Å². The fourth-order valence-electron chi connectivity index (χ4n) is 1.16. The van der Waals surface area contributed by atoms with Gasteiger partial charge in [0.1, 0.15) is 5.82 Å². The maximum atomic E-state index is 12.7. The second kappa shape index (κ2) is 4.44. The van der Waals surface area contributed by atoms with Crippen LogP contribution in [0.15, 0.2) is 28.7 Å². The van der Waals surface area contributed by atoms with Gasteiger partial charge in [-0.1, -0.05) is 0 Å². The number of aromatic nitrogens is 2. The molecule has 0 saturated carbocycles. The van der Waals surface area contributed by atoms with Crippen LogP contribution in [0.25, 0.3) is 11.5 Å². The van der Waals surface area contributed by atoms with Crippen molar-refractivity contribution in [3.8, 4) is 11.5 Å². The molecule has 2 aromatic rings. The van der Waals surface area contributed by atoms with Crippen LogP contribution in [0.2, 0.25) is 0 Å². The highest BCUT2D eigenvalue weighted by molar-refractivity contribution is 7.80. The van der Waals surface area contributed by atoms with Gasteiger partial charge in [-0.3, -0.25) is 0 Å². The molecule has 0 atom stereocenters. The summed E-state index contributed by atoms with van der Waals surface area (Å²) in [7, 11) is 0. The zero-order valence-electron chi connectivity index (χ0n) is 7.85. The van der Waals surface area contributed by atoms with Crippen molar-refractivity contribution >= 4 is 12.6 Å². The summed E-state index contributed by atoms with van der Waals surface area (Å²) in [5.74, 6) is 1.33. The Bertz CT molecular complexity index is 441. The zero-order chi connectivity index (χ0) is 10.7. The normalized spacial score (nSPS) is 10.5. The summed E-state index contributed by atoms with van der Waals surface area (Å²) < 4.78 is 18.0. The number of hydrogen-bond donors (Lipinski definition) is 1. The number of benzene rings is 1. The molecule has 0 radical (unpaired) electrons. The van der Waals surface area contributed by atoms with E-state index in [0.29, 0.717) is 29.5 Å². The largest absolute Gasteiger partial charge is 0.421 e. The molecule has 78 valence electrons. The molecule has 15 heavy (non-hydrogen) atoms. The van der Waals surface area contributed by atoms with Gasteiger partial charge >= 0.3 is 0 Å². The lowest BCUT2D eigenvalue weighted by atomic mass is 10.2. The molecule has 1 heterocycles. The van der Waals surface area contributed by atoms with Crippen LogP contribution in [-0.4, -0.2) is 16.0 Å². The molecule has 0 aliphatic rings. The van der Waals surface area contributed by atoms with Gasteiger partial charge in [0.15, 0.2) is 0 Å². The van der Waals surface area contributed by atoms with E-state index in [4.69, 9.17) is 4.42 Å². The van der Waals surface area contributed by atoms with Crippen molar-refractivity contribution in [2.75, 3.05) is 5.75 Å². The minimum Gasteiger partial charge on any atom is -0.421 e. The van der Waals surface area contributed by atoms with Gasteiger partial charge in [-0.2, -0.15) is 12.6 Å². The van der Waals surface area contributed by atoms with Gasteiger partial charge < -0.3 is 4.42 Å². The van der Waals surface area contributed by atoms with E-state index in [9.17, 15) is 4.39 Å². The lowest BCUT2D eigenvalue weighted by Crippen LogP contribution is -1.84. The van der Waals surface area contributed by atoms with E-state index in [0.717, 1.165) is 0 Å². The van der Waals surface area contributed by atoms with Crippen LogP contribution in [0.4, 0.5) is 4.39 Å². The molecular weight excluding hydrogens is 215 g/mol. The molecule has 0 bridgehead atoms. The average Bonchev–Trinajstić information content (AvgIpc) is 2.68. The third kappa shape index (κ3) is 2.36. The average molecular weight is 224 g/mol. The third-order valence-corrected chi connectivity index (χ3v) is 2.11. The van der Waals surface area contributed by atoms with E-state index in [1.54, 1.807) is 12.1 Å². The van der Waals surface area contributed by atoms with Crippen molar-refractivity contribution in [1.29, 1.82) is 0 Å². The molecule has 0 aliphatic carbocycles. The van der Waals surface area contributed by atoms with Crippen molar-refractivity contribution in [3.63, 3.8) is 0 Å². The first-order chi connectivity index (χ1) is 7.29. The summed E-state index contributed by atoms with van der Waals surface area (Å²) >= 11 is 4.06. The number of thiol groups is 1. The molecule has 5 heteroatoms. The summed E-state index contributed by atoms with van der Waals surface area (Å²) in [4.78, 5) is 0. The molecule has 1 aromatic heterocycles. The molecule has 0 saturated heterocycles. The minimum atomic E-state index is -0.283. The molecule has 2 rings (SSSR count). The number of hydrogen-bond acceptors (Lipinski definition) is 4. The molecule has 0 fully saturated rings. The maximum Gasteiger partial charge on any atom is 0.247 e.